The number of halogens is 2. The maximum absolute atomic E-state index is 13.9. The van der Waals surface area contributed by atoms with Crippen molar-refractivity contribution in [1.29, 1.82) is 0 Å². The Morgan fingerprint density at radius 3 is 2.47 bits per heavy atom. The molecule has 0 radical (unpaired) electrons. The van der Waals surface area contributed by atoms with Crippen LogP contribution in [0.4, 0.5) is 14.6 Å². The number of carbonyl (C=O) groups excluding carboxylic acids is 1. The highest BCUT2D eigenvalue weighted by atomic mass is 19.3. The van der Waals surface area contributed by atoms with Crippen molar-refractivity contribution in [3.8, 4) is 0 Å². The number of rotatable bonds is 4. The van der Waals surface area contributed by atoms with Gasteiger partial charge in [-0.15, -0.1) is 0 Å². The van der Waals surface area contributed by atoms with Crippen LogP contribution in [0.3, 0.4) is 0 Å². The molecular weight excluding hydrogens is 386 g/mol. The summed E-state index contributed by atoms with van der Waals surface area (Å²) in [4.78, 5) is 14.6. The second-order valence-electron chi connectivity index (χ2n) is 10.6. The van der Waals surface area contributed by atoms with Crippen molar-refractivity contribution >= 4 is 11.7 Å². The van der Waals surface area contributed by atoms with Crippen molar-refractivity contribution in [1.82, 2.24) is 14.7 Å². The van der Waals surface area contributed by atoms with Crippen LogP contribution >= 0.6 is 0 Å². The van der Waals surface area contributed by atoms with Crippen LogP contribution in [-0.2, 0) is 10.2 Å². The minimum Gasteiger partial charge on any atom is -0.367 e. The van der Waals surface area contributed by atoms with Gasteiger partial charge < -0.3 is 10.2 Å². The molecule has 3 aliphatic rings. The minimum atomic E-state index is -2.44. The summed E-state index contributed by atoms with van der Waals surface area (Å²) in [5.74, 6) is 1.87. The molecule has 0 bridgehead atoms. The molecule has 1 amide bonds. The molecule has 168 valence electrons. The molecule has 4 rings (SSSR count). The molecule has 1 saturated carbocycles. The molecule has 3 heterocycles. The van der Waals surface area contributed by atoms with Gasteiger partial charge in [0.15, 0.2) is 0 Å². The minimum absolute atomic E-state index is 0.00750. The number of piperidine rings is 1. The third kappa shape index (κ3) is 4.50. The van der Waals surface area contributed by atoms with E-state index in [-0.39, 0.29) is 17.4 Å². The summed E-state index contributed by atoms with van der Waals surface area (Å²) in [6.07, 6.45) is 5.29. The van der Waals surface area contributed by atoms with Gasteiger partial charge in [-0.2, -0.15) is 5.10 Å². The fourth-order valence-corrected chi connectivity index (χ4v) is 5.39. The Kier molecular flexibility index (Phi) is 6.08. The third-order valence-corrected chi connectivity index (χ3v) is 7.34. The van der Waals surface area contributed by atoms with Crippen molar-refractivity contribution in [3.05, 3.63) is 11.8 Å². The van der Waals surface area contributed by atoms with E-state index in [4.69, 9.17) is 0 Å². The predicted molar refractivity (Wildman–Crippen MR) is 114 cm³/mol. The molecular formula is C23H36F2N4O. The van der Waals surface area contributed by atoms with Gasteiger partial charge in [-0.25, -0.2) is 13.5 Å². The Balaban J connectivity index is 1.39. The Hall–Kier alpha value is -1.66. The standard InChI is InChI=1S/C23H36F2N4O/c1-23(2,3)19-14-20-26-17(13-18(22(24)25)29(20)27-19)16-8-10-28(11-9-16)21(30)12-15-6-4-5-7-15/h14-18,22,26H,4-13H2,1-3H3/t17-,18+/m0/s1. The van der Waals surface area contributed by atoms with E-state index in [0.29, 0.717) is 30.5 Å². The lowest BCUT2D eigenvalue weighted by Gasteiger charge is -2.40. The molecule has 1 saturated heterocycles. The molecule has 1 aliphatic carbocycles. The summed E-state index contributed by atoms with van der Waals surface area (Å²) < 4.78 is 29.2. The van der Waals surface area contributed by atoms with Gasteiger partial charge in [-0.3, -0.25) is 4.79 Å². The quantitative estimate of drug-likeness (QED) is 0.744. The van der Waals surface area contributed by atoms with E-state index in [1.807, 2.05) is 11.0 Å². The van der Waals surface area contributed by atoms with Crippen LogP contribution in [0.25, 0.3) is 0 Å². The molecule has 1 aromatic rings. The number of nitrogens with one attached hydrogen (secondary N) is 1. The predicted octanol–water partition coefficient (Wildman–Crippen LogP) is 4.99. The first-order valence-corrected chi connectivity index (χ1v) is 11.6. The van der Waals surface area contributed by atoms with Crippen molar-refractivity contribution in [2.24, 2.45) is 11.8 Å². The lowest BCUT2D eigenvalue weighted by molar-refractivity contribution is -0.133. The number of carbonyl (C=O) groups is 1. The van der Waals surface area contributed by atoms with E-state index >= 15 is 0 Å². The van der Waals surface area contributed by atoms with Gasteiger partial charge in [0, 0.05) is 37.0 Å². The van der Waals surface area contributed by atoms with Crippen LogP contribution in [0.1, 0.15) is 83.9 Å². The summed E-state index contributed by atoms with van der Waals surface area (Å²) in [6, 6.07) is 1.06. The summed E-state index contributed by atoms with van der Waals surface area (Å²) in [5.41, 5.74) is 0.655. The molecule has 0 spiro atoms. The van der Waals surface area contributed by atoms with Gasteiger partial charge in [0.1, 0.15) is 11.9 Å². The third-order valence-electron chi connectivity index (χ3n) is 7.34. The highest BCUT2D eigenvalue weighted by molar-refractivity contribution is 5.76. The van der Waals surface area contributed by atoms with E-state index in [1.54, 1.807) is 0 Å². The second kappa shape index (κ2) is 8.46. The molecule has 30 heavy (non-hydrogen) atoms. The number of alkyl halides is 2. The molecule has 1 aromatic heterocycles. The van der Waals surface area contributed by atoms with Crippen molar-refractivity contribution < 1.29 is 13.6 Å². The van der Waals surface area contributed by atoms with Crippen LogP contribution in [0, 0.1) is 11.8 Å². The van der Waals surface area contributed by atoms with Crippen LogP contribution in [-0.4, -0.2) is 46.1 Å². The van der Waals surface area contributed by atoms with Crippen molar-refractivity contribution in [3.63, 3.8) is 0 Å². The number of hydrogen-bond acceptors (Lipinski definition) is 3. The normalized spacial score (nSPS) is 26.1. The lowest BCUT2D eigenvalue weighted by Crippen LogP contribution is -2.46. The first-order valence-electron chi connectivity index (χ1n) is 11.6. The molecule has 7 heteroatoms. The SMILES string of the molecule is CC(C)(C)c1cc2n(n1)[C@@H](C(F)F)C[C@@H](C1CCN(C(=O)CC3CCCC3)CC1)N2. The van der Waals surface area contributed by atoms with Gasteiger partial charge in [-0.05, 0) is 43.9 Å². The number of likely N-dealkylation sites (tertiary alicyclic amines) is 1. The number of hydrogen-bond donors (Lipinski definition) is 1. The largest absolute Gasteiger partial charge is 0.367 e. The number of aromatic nitrogens is 2. The molecule has 0 unspecified atom stereocenters. The monoisotopic (exact) mass is 422 g/mol. The highest BCUT2D eigenvalue weighted by Gasteiger charge is 2.39. The maximum atomic E-state index is 13.9. The van der Waals surface area contributed by atoms with E-state index in [9.17, 15) is 13.6 Å². The summed E-state index contributed by atoms with van der Waals surface area (Å²) in [6.45, 7) is 7.65. The topological polar surface area (TPSA) is 50.2 Å². The maximum Gasteiger partial charge on any atom is 0.260 e. The average Bonchev–Trinajstić information content (AvgIpc) is 3.36. The van der Waals surface area contributed by atoms with E-state index in [0.717, 1.165) is 31.6 Å². The number of anilines is 1. The Morgan fingerprint density at radius 1 is 1.20 bits per heavy atom. The van der Waals surface area contributed by atoms with Crippen molar-refractivity contribution in [2.45, 2.75) is 96.1 Å². The van der Waals surface area contributed by atoms with Gasteiger partial charge >= 0.3 is 0 Å². The number of nitrogens with zero attached hydrogens (tertiary/aromatic N) is 3. The second-order valence-corrected chi connectivity index (χ2v) is 10.6. The Labute approximate surface area is 178 Å². The van der Waals surface area contributed by atoms with Crippen LogP contribution in [0.5, 0.6) is 0 Å². The zero-order chi connectivity index (χ0) is 21.5. The van der Waals surface area contributed by atoms with E-state index in [1.165, 1.54) is 30.4 Å². The molecule has 2 fully saturated rings. The average molecular weight is 423 g/mol. The van der Waals surface area contributed by atoms with Gasteiger partial charge in [0.05, 0.1) is 5.69 Å². The molecule has 0 aromatic carbocycles. The summed E-state index contributed by atoms with van der Waals surface area (Å²) in [7, 11) is 0. The summed E-state index contributed by atoms with van der Waals surface area (Å²) >= 11 is 0. The highest BCUT2D eigenvalue weighted by Crippen LogP contribution is 2.38. The molecule has 2 aliphatic heterocycles. The fraction of sp³-hybridized carbons (Fsp3) is 0.826. The van der Waals surface area contributed by atoms with Crippen LogP contribution < -0.4 is 5.32 Å². The van der Waals surface area contributed by atoms with Crippen LogP contribution in [0.2, 0.25) is 0 Å². The Bertz CT molecular complexity index is 743. The van der Waals surface area contributed by atoms with Gasteiger partial charge in [0.2, 0.25) is 5.91 Å². The summed E-state index contributed by atoms with van der Waals surface area (Å²) in [5, 5.41) is 8.02. The van der Waals surface area contributed by atoms with Gasteiger partial charge in [0.25, 0.3) is 6.43 Å². The fourth-order valence-electron chi connectivity index (χ4n) is 5.39. The molecule has 1 N–H and O–H groups in total. The molecule has 2 atom stereocenters. The van der Waals surface area contributed by atoms with E-state index < -0.39 is 12.5 Å². The number of fused-ring (bicyclic) bond motifs is 1. The van der Waals surface area contributed by atoms with Crippen molar-refractivity contribution in [2.75, 3.05) is 18.4 Å². The van der Waals surface area contributed by atoms with E-state index in [2.05, 4.69) is 31.2 Å². The Morgan fingerprint density at radius 2 is 1.87 bits per heavy atom. The van der Waals surface area contributed by atoms with Gasteiger partial charge in [-0.1, -0.05) is 33.6 Å². The first-order chi connectivity index (χ1) is 14.2. The molecule has 5 nitrogen and oxygen atoms in total. The number of amides is 1. The zero-order valence-electron chi connectivity index (χ0n) is 18.5. The zero-order valence-corrected chi connectivity index (χ0v) is 18.5. The lowest BCUT2D eigenvalue weighted by atomic mass is 9.84. The smallest absolute Gasteiger partial charge is 0.260 e. The van der Waals surface area contributed by atoms with Crippen LogP contribution in [0.15, 0.2) is 6.07 Å². The first kappa shape index (κ1) is 21.6.